The van der Waals surface area contributed by atoms with Crippen molar-refractivity contribution < 1.29 is 13.9 Å². The van der Waals surface area contributed by atoms with Gasteiger partial charge in [-0.1, -0.05) is 48.0 Å². The predicted molar refractivity (Wildman–Crippen MR) is 94.0 cm³/mol. The van der Waals surface area contributed by atoms with E-state index in [0.29, 0.717) is 23.7 Å². The van der Waals surface area contributed by atoms with Crippen LogP contribution in [0.2, 0.25) is 0 Å². The highest BCUT2D eigenvalue weighted by Gasteiger charge is 2.03. The summed E-state index contributed by atoms with van der Waals surface area (Å²) in [6, 6.07) is 20.7. The summed E-state index contributed by atoms with van der Waals surface area (Å²) < 4.78 is 11.3. The zero-order chi connectivity index (χ0) is 16.8. The first-order chi connectivity index (χ1) is 11.7. The van der Waals surface area contributed by atoms with E-state index in [2.05, 4.69) is 0 Å². The van der Waals surface area contributed by atoms with Crippen LogP contribution in [0.15, 0.2) is 77.2 Å². The van der Waals surface area contributed by atoms with Crippen LogP contribution in [-0.2, 0) is 6.61 Å². The quantitative estimate of drug-likeness (QED) is 0.471. The zero-order valence-corrected chi connectivity index (χ0v) is 13.4. The minimum absolute atomic E-state index is 0.0477. The summed E-state index contributed by atoms with van der Waals surface area (Å²) in [5, 5.41) is 0. The Balaban J connectivity index is 1.59. The Morgan fingerprint density at radius 3 is 2.50 bits per heavy atom. The molecule has 1 heterocycles. The lowest BCUT2D eigenvalue weighted by molar-refractivity contribution is 0.104. The molecule has 0 atom stereocenters. The molecule has 0 saturated carbocycles. The lowest BCUT2D eigenvalue weighted by Gasteiger charge is -2.02. The molecule has 3 nitrogen and oxygen atoms in total. The van der Waals surface area contributed by atoms with Crippen molar-refractivity contribution in [1.82, 2.24) is 0 Å². The summed E-state index contributed by atoms with van der Waals surface area (Å²) in [5.74, 6) is 2.08. The Bertz CT molecular complexity index is 827. The maximum atomic E-state index is 12.1. The van der Waals surface area contributed by atoms with Crippen molar-refractivity contribution in [2.45, 2.75) is 13.5 Å². The fourth-order valence-corrected chi connectivity index (χ4v) is 2.20. The van der Waals surface area contributed by atoms with Crippen LogP contribution in [0.3, 0.4) is 0 Å². The summed E-state index contributed by atoms with van der Waals surface area (Å²) in [6.45, 7) is 2.34. The van der Waals surface area contributed by atoms with Gasteiger partial charge in [0, 0.05) is 5.56 Å². The average molecular weight is 318 g/mol. The van der Waals surface area contributed by atoms with E-state index < -0.39 is 0 Å². The van der Waals surface area contributed by atoms with Crippen LogP contribution in [0.5, 0.6) is 5.75 Å². The van der Waals surface area contributed by atoms with E-state index in [9.17, 15) is 4.79 Å². The molecule has 120 valence electrons. The van der Waals surface area contributed by atoms with Gasteiger partial charge in [-0.3, -0.25) is 4.79 Å². The van der Waals surface area contributed by atoms with Gasteiger partial charge in [-0.05, 0) is 43.3 Å². The number of para-hydroxylation sites is 1. The third-order valence-electron chi connectivity index (χ3n) is 3.54. The molecule has 0 fully saturated rings. The number of hydrogen-bond acceptors (Lipinski definition) is 3. The van der Waals surface area contributed by atoms with Gasteiger partial charge < -0.3 is 9.15 Å². The number of aryl methyl sites for hydroxylation is 1. The van der Waals surface area contributed by atoms with Crippen LogP contribution in [-0.4, -0.2) is 5.78 Å². The van der Waals surface area contributed by atoms with Crippen molar-refractivity contribution in [3.8, 4) is 5.75 Å². The maximum absolute atomic E-state index is 12.1. The largest absolute Gasteiger partial charge is 0.486 e. The topological polar surface area (TPSA) is 39.4 Å². The number of ether oxygens (including phenoxy) is 1. The molecule has 0 saturated heterocycles. The molecule has 0 bridgehead atoms. The van der Waals surface area contributed by atoms with Crippen molar-refractivity contribution in [2.24, 2.45) is 0 Å². The Morgan fingerprint density at radius 1 is 1.00 bits per heavy atom. The standard InChI is InChI=1S/C21H18O3/c1-16-7-9-17(10-8-16)21(22)14-13-19-11-12-20(24-19)15-23-18-5-3-2-4-6-18/h2-14H,15H2,1H3/b14-13+. The third-order valence-corrected chi connectivity index (χ3v) is 3.54. The average Bonchev–Trinajstić information content (AvgIpc) is 3.07. The SMILES string of the molecule is Cc1ccc(C(=O)/C=C/c2ccc(COc3ccccc3)o2)cc1. The highest BCUT2D eigenvalue weighted by Crippen LogP contribution is 2.15. The Morgan fingerprint density at radius 2 is 1.75 bits per heavy atom. The number of furan rings is 1. The van der Waals surface area contributed by atoms with E-state index in [-0.39, 0.29) is 5.78 Å². The first-order valence-electron chi connectivity index (χ1n) is 7.76. The molecule has 2 aromatic carbocycles. The van der Waals surface area contributed by atoms with Crippen LogP contribution in [0.25, 0.3) is 6.08 Å². The second kappa shape index (κ2) is 7.47. The second-order valence-electron chi connectivity index (χ2n) is 5.47. The molecule has 3 aromatic rings. The molecule has 0 aliphatic heterocycles. The first-order valence-corrected chi connectivity index (χ1v) is 7.76. The number of hydrogen-bond donors (Lipinski definition) is 0. The van der Waals surface area contributed by atoms with Crippen LogP contribution in [0.4, 0.5) is 0 Å². The Labute approximate surface area is 141 Å². The molecule has 0 aliphatic rings. The van der Waals surface area contributed by atoms with E-state index >= 15 is 0 Å². The van der Waals surface area contributed by atoms with Crippen molar-refractivity contribution in [3.05, 3.63) is 95.5 Å². The number of ketones is 1. The minimum Gasteiger partial charge on any atom is -0.486 e. The lowest BCUT2D eigenvalue weighted by Crippen LogP contribution is -1.93. The number of carbonyl (C=O) groups excluding carboxylic acids is 1. The highest BCUT2D eigenvalue weighted by molar-refractivity contribution is 6.06. The monoisotopic (exact) mass is 318 g/mol. The molecular weight excluding hydrogens is 300 g/mol. The fraction of sp³-hybridized carbons (Fsp3) is 0.0952. The van der Waals surface area contributed by atoms with Crippen LogP contribution in [0.1, 0.15) is 27.4 Å². The maximum Gasteiger partial charge on any atom is 0.185 e. The third kappa shape index (κ3) is 4.23. The first kappa shape index (κ1) is 15.8. The Kier molecular flexibility index (Phi) is 4.92. The van der Waals surface area contributed by atoms with Crippen molar-refractivity contribution in [3.63, 3.8) is 0 Å². The molecule has 3 rings (SSSR count). The van der Waals surface area contributed by atoms with E-state index in [1.165, 1.54) is 6.08 Å². The molecule has 1 aromatic heterocycles. The molecule has 0 radical (unpaired) electrons. The summed E-state index contributed by atoms with van der Waals surface area (Å²) in [6.07, 6.45) is 3.19. The van der Waals surface area contributed by atoms with Gasteiger partial charge in [-0.25, -0.2) is 0 Å². The van der Waals surface area contributed by atoms with Crippen molar-refractivity contribution >= 4 is 11.9 Å². The van der Waals surface area contributed by atoms with Gasteiger partial charge in [0.2, 0.25) is 0 Å². The Hall–Kier alpha value is -3.07. The second-order valence-corrected chi connectivity index (χ2v) is 5.47. The summed E-state index contributed by atoms with van der Waals surface area (Å²) in [7, 11) is 0. The minimum atomic E-state index is -0.0477. The van der Waals surface area contributed by atoms with Gasteiger partial charge in [0.1, 0.15) is 23.9 Å². The normalized spacial score (nSPS) is 10.9. The molecule has 0 spiro atoms. The van der Waals surface area contributed by atoms with E-state index in [0.717, 1.165) is 11.3 Å². The lowest BCUT2D eigenvalue weighted by atomic mass is 10.1. The molecule has 0 unspecified atom stereocenters. The smallest absolute Gasteiger partial charge is 0.185 e. The van der Waals surface area contributed by atoms with Gasteiger partial charge in [-0.2, -0.15) is 0 Å². The van der Waals surface area contributed by atoms with Gasteiger partial charge in [-0.15, -0.1) is 0 Å². The summed E-state index contributed by atoms with van der Waals surface area (Å²) in [5.41, 5.74) is 1.79. The number of carbonyl (C=O) groups is 1. The van der Waals surface area contributed by atoms with E-state index in [4.69, 9.17) is 9.15 Å². The molecule has 24 heavy (non-hydrogen) atoms. The fourth-order valence-electron chi connectivity index (χ4n) is 2.20. The number of rotatable bonds is 6. The predicted octanol–water partition coefficient (Wildman–Crippen LogP) is 5.06. The van der Waals surface area contributed by atoms with E-state index in [1.54, 1.807) is 6.08 Å². The number of benzene rings is 2. The van der Waals surface area contributed by atoms with Crippen molar-refractivity contribution in [2.75, 3.05) is 0 Å². The van der Waals surface area contributed by atoms with Crippen LogP contribution in [0, 0.1) is 6.92 Å². The van der Waals surface area contributed by atoms with Crippen LogP contribution >= 0.6 is 0 Å². The summed E-state index contributed by atoms with van der Waals surface area (Å²) in [4.78, 5) is 12.1. The highest BCUT2D eigenvalue weighted by atomic mass is 16.5. The zero-order valence-electron chi connectivity index (χ0n) is 13.4. The molecule has 0 amide bonds. The molecule has 0 aliphatic carbocycles. The van der Waals surface area contributed by atoms with E-state index in [1.807, 2.05) is 73.7 Å². The molecular formula is C21H18O3. The van der Waals surface area contributed by atoms with Crippen molar-refractivity contribution in [1.29, 1.82) is 0 Å². The molecule has 3 heteroatoms. The van der Waals surface area contributed by atoms with Gasteiger partial charge >= 0.3 is 0 Å². The van der Waals surface area contributed by atoms with Gasteiger partial charge in [0.25, 0.3) is 0 Å². The van der Waals surface area contributed by atoms with Gasteiger partial charge in [0.05, 0.1) is 0 Å². The van der Waals surface area contributed by atoms with Crippen LogP contribution < -0.4 is 4.74 Å². The molecule has 0 N–H and O–H groups in total. The van der Waals surface area contributed by atoms with Gasteiger partial charge in [0.15, 0.2) is 5.78 Å². The summed E-state index contributed by atoms with van der Waals surface area (Å²) >= 11 is 0. The number of allylic oxidation sites excluding steroid dienone is 1.